The van der Waals surface area contributed by atoms with E-state index in [2.05, 4.69) is 15.9 Å². The van der Waals surface area contributed by atoms with E-state index in [1.165, 1.54) is 0 Å². The summed E-state index contributed by atoms with van der Waals surface area (Å²) in [4.78, 5) is 14.2. The van der Waals surface area contributed by atoms with Crippen LogP contribution in [0.5, 0.6) is 5.75 Å². The van der Waals surface area contributed by atoms with E-state index < -0.39 is 0 Å². The molecule has 2 aromatic rings. The third-order valence-corrected chi connectivity index (χ3v) is 3.81. The third-order valence-electron chi connectivity index (χ3n) is 3.12. The summed E-state index contributed by atoms with van der Waals surface area (Å²) in [7, 11) is 3.38. The molecule has 0 saturated carbocycles. The van der Waals surface area contributed by atoms with E-state index >= 15 is 0 Å². The molecule has 104 valence electrons. The standard InChI is InChI=1S/C16H16BrNO2/c1-11-4-9-15(17)14(10-11)16(19)18(2)12-5-7-13(20-3)8-6-12/h4-10H,1-3H3. The molecular formula is C16H16BrNO2. The molecule has 4 heteroatoms. The van der Waals surface area contributed by atoms with Crippen molar-refractivity contribution in [3.63, 3.8) is 0 Å². The van der Waals surface area contributed by atoms with Crippen molar-refractivity contribution in [1.29, 1.82) is 0 Å². The highest BCUT2D eigenvalue weighted by atomic mass is 79.9. The number of hydrogen-bond donors (Lipinski definition) is 0. The van der Waals surface area contributed by atoms with Crippen LogP contribution in [0.2, 0.25) is 0 Å². The second-order valence-corrected chi connectivity index (χ2v) is 5.40. The number of amides is 1. The molecule has 0 fully saturated rings. The van der Waals surface area contributed by atoms with Gasteiger partial charge in [0, 0.05) is 17.2 Å². The lowest BCUT2D eigenvalue weighted by Gasteiger charge is -2.18. The summed E-state index contributed by atoms with van der Waals surface area (Å²) >= 11 is 3.43. The topological polar surface area (TPSA) is 29.5 Å². The van der Waals surface area contributed by atoms with E-state index in [-0.39, 0.29) is 5.91 Å². The van der Waals surface area contributed by atoms with Gasteiger partial charge in [-0.15, -0.1) is 0 Å². The van der Waals surface area contributed by atoms with Crippen molar-refractivity contribution in [3.8, 4) is 5.75 Å². The van der Waals surface area contributed by atoms with E-state index in [4.69, 9.17) is 4.74 Å². The molecule has 0 N–H and O–H groups in total. The van der Waals surface area contributed by atoms with Crippen LogP contribution < -0.4 is 9.64 Å². The maximum absolute atomic E-state index is 12.5. The maximum Gasteiger partial charge on any atom is 0.259 e. The van der Waals surface area contributed by atoms with E-state index in [0.717, 1.165) is 21.5 Å². The highest BCUT2D eigenvalue weighted by Crippen LogP contribution is 2.23. The molecule has 0 bridgehead atoms. The minimum Gasteiger partial charge on any atom is -0.497 e. The molecule has 0 aliphatic carbocycles. The molecule has 0 aliphatic heterocycles. The molecule has 0 heterocycles. The minimum absolute atomic E-state index is 0.0502. The van der Waals surface area contributed by atoms with Crippen LogP contribution in [0.1, 0.15) is 15.9 Å². The number of carbonyl (C=O) groups excluding carboxylic acids is 1. The lowest BCUT2D eigenvalue weighted by Crippen LogP contribution is -2.26. The van der Waals surface area contributed by atoms with Crippen LogP contribution >= 0.6 is 15.9 Å². The molecule has 0 atom stereocenters. The van der Waals surface area contributed by atoms with Gasteiger partial charge >= 0.3 is 0 Å². The molecule has 0 aromatic heterocycles. The van der Waals surface area contributed by atoms with Crippen LogP contribution in [0.3, 0.4) is 0 Å². The normalized spacial score (nSPS) is 10.2. The first-order valence-electron chi connectivity index (χ1n) is 6.21. The van der Waals surface area contributed by atoms with Gasteiger partial charge < -0.3 is 9.64 Å². The Morgan fingerprint density at radius 2 is 1.80 bits per heavy atom. The molecule has 0 saturated heterocycles. The fourth-order valence-electron chi connectivity index (χ4n) is 1.91. The average molecular weight is 334 g/mol. The number of ether oxygens (including phenoxy) is 1. The van der Waals surface area contributed by atoms with Crippen LogP contribution in [-0.4, -0.2) is 20.1 Å². The van der Waals surface area contributed by atoms with Crippen molar-refractivity contribution in [2.24, 2.45) is 0 Å². The highest BCUT2D eigenvalue weighted by molar-refractivity contribution is 9.10. The van der Waals surface area contributed by atoms with E-state index in [1.807, 2.05) is 49.4 Å². The minimum atomic E-state index is -0.0502. The number of methoxy groups -OCH3 is 1. The first-order chi connectivity index (χ1) is 9.52. The van der Waals surface area contributed by atoms with Crippen molar-refractivity contribution in [1.82, 2.24) is 0 Å². The number of aryl methyl sites for hydroxylation is 1. The molecule has 0 spiro atoms. The predicted molar refractivity (Wildman–Crippen MR) is 84.6 cm³/mol. The summed E-state index contributed by atoms with van der Waals surface area (Å²) in [5, 5.41) is 0. The average Bonchev–Trinajstić information content (AvgIpc) is 2.48. The predicted octanol–water partition coefficient (Wildman–Crippen LogP) is 4.04. The van der Waals surface area contributed by atoms with Gasteiger partial charge in [0.15, 0.2) is 0 Å². The van der Waals surface area contributed by atoms with Crippen LogP contribution in [0.15, 0.2) is 46.9 Å². The van der Waals surface area contributed by atoms with Crippen LogP contribution in [0.4, 0.5) is 5.69 Å². The summed E-state index contributed by atoms with van der Waals surface area (Å²) in [6.07, 6.45) is 0. The van der Waals surface area contributed by atoms with Crippen molar-refractivity contribution in [2.75, 3.05) is 19.1 Å². The Labute approximate surface area is 127 Å². The number of rotatable bonds is 3. The Kier molecular flexibility index (Phi) is 4.45. The number of halogens is 1. The molecule has 2 aromatic carbocycles. The maximum atomic E-state index is 12.5. The van der Waals surface area contributed by atoms with Gasteiger partial charge in [0.25, 0.3) is 5.91 Å². The number of hydrogen-bond acceptors (Lipinski definition) is 2. The zero-order valence-corrected chi connectivity index (χ0v) is 13.3. The van der Waals surface area contributed by atoms with Crippen molar-refractivity contribution < 1.29 is 9.53 Å². The van der Waals surface area contributed by atoms with Gasteiger partial charge in [-0.25, -0.2) is 0 Å². The van der Waals surface area contributed by atoms with Crippen molar-refractivity contribution in [3.05, 3.63) is 58.1 Å². The number of nitrogens with zero attached hydrogens (tertiary/aromatic N) is 1. The Balaban J connectivity index is 2.29. The van der Waals surface area contributed by atoms with Gasteiger partial charge in [-0.1, -0.05) is 11.6 Å². The van der Waals surface area contributed by atoms with Gasteiger partial charge in [0.05, 0.1) is 12.7 Å². The van der Waals surface area contributed by atoms with E-state index in [0.29, 0.717) is 5.56 Å². The second kappa shape index (κ2) is 6.09. The summed E-state index contributed by atoms with van der Waals surface area (Å²) in [5.41, 5.74) is 2.53. The zero-order valence-electron chi connectivity index (χ0n) is 11.7. The molecule has 0 aliphatic rings. The van der Waals surface area contributed by atoms with Gasteiger partial charge in [-0.05, 0) is 59.3 Å². The summed E-state index contributed by atoms with van der Waals surface area (Å²) < 4.78 is 5.92. The number of anilines is 1. The van der Waals surface area contributed by atoms with Crippen molar-refractivity contribution >= 4 is 27.5 Å². The fraction of sp³-hybridized carbons (Fsp3) is 0.188. The first kappa shape index (κ1) is 14.6. The second-order valence-electron chi connectivity index (χ2n) is 4.55. The first-order valence-corrected chi connectivity index (χ1v) is 7.00. The third kappa shape index (κ3) is 3.02. The Morgan fingerprint density at radius 1 is 1.15 bits per heavy atom. The van der Waals surface area contributed by atoms with E-state index in [1.54, 1.807) is 19.1 Å². The molecular weight excluding hydrogens is 318 g/mol. The summed E-state index contributed by atoms with van der Waals surface area (Å²) in [5.74, 6) is 0.720. The lowest BCUT2D eigenvalue weighted by molar-refractivity contribution is 0.0992. The molecule has 0 unspecified atom stereocenters. The Hall–Kier alpha value is -1.81. The molecule has 0 radical (unpaired) electrons. The quantitative estimate of drug-likeness (QED) is 0.848. The van der Waals surface area contributed by atoms with Gasteiger partial charge in [-0.3, -0.25) is 4.79 Å². The van der Waals surface area contributed by atoms with Crippen LogP contribution in [0, 0.1) is 6.92 Å². The number of carbonyl (C=O) groups is 1. The molecule has 20 heavy (non-hydrogen) atoms. The summed E-state index contributed by atoms with van der Waals surface area (Å²) in [6.45, 7) is 1.97. The molecule has 3 nitrogen and oxygen atoms in total. The van der Waals surface area contributed by atoms with Gasteiger partial charge in [0.1, 0.15) is 5.75 Å². The Morgan fingerprint density at radius 3 is 2.40 bits per heavy atom. The fourth-order valence-corrected chi connectivity index (χ4v) is 2.32. The van der Waals surface area contributed by atoms with Gasteiger partial charge in [-0.2, -0.15) is 0 Å². The molecule has 1 amide bonds. The highest BCUT2D eigenvalue weighted by Gasteiger charge is 2.16. The van der Waals surface area contributed by atoms with Crippen LogP contribution in [-0.2, 0) is 0 Å². The smallest absolute Gasteiger partial charge is 0.259 e. The van der Waals surface area contributed by atoms with E-state index in [9.17, 15) is 4.79 Å². The zero-order chi connectivity index (χ0) is 14.7. The van der Waals surface area contributed by atoms with Gasteiger partial charge in [0.2, 0.25) is 0 Å². The SMILES string of the molecule is COc1ccc(N(C)C(=O)c2cc(C)ccc2Br)cc1. The molecule has 2 rings (SSSR count). The lowest BCUT2D eigenvalue weighted by atomic mass is 10.1. The van der Waals surface area contributed by atoms with Crippen LogP contribution in [0.25, 0.3) is 0 Å². The Bertz CT molecular complexity index is 623. The van der Waals surface area contributed by atoms with Crippen molar-refractivity contribution in [2.45, 2.75) is 6.92 Å². The largest absolute Gasteiger partial charge is 0.497 e. The number of benzene rings is 2. The monoisotopic (exact) mass is 333 g/mol. The summed E-state index contributed by atoms with van der Waals surface area (Å²) in [6, 6.07) is 13.1.